The lowest BCUT2D eigenvalue weighted by Crippen LogP contribution is -2.11. The molecule has 0 aliphatic rings. The maximum atomic E-state index is 12.1. The molecular weight excluding hydrogens is 318 g/mol. The number of esters is 1. The summed E-state index contributed by atoms with van der Waals surface area (Å²) in [5.74, 6) is -1.14. The van der Waals surface area contributed by atoms with Crippen LogP contribution in [0.3, 0.4) is 0 Å². The zero-order chi connectivity index (χ0) is 16.4. The molecule has 0 bridgehead atoms. The number of carbonyl (C=O) groups is 2. The van der Waals surface area contributed by atoms with Crippen LogP contribution in [0.2, 0.25) is 0 Å². The Labute approximate surface area is 134 Å². The number of benzene rings is 1. The van der Waals surface area contributed by atoms with Gasteiger partial charge in [-0.25, -0.2) is 4.79 Å². The van der Waals surface area contributed by atoms with Crippen LogP contribution in [0.25, 0.3) is 11.0 Å². The SMILES string of the molecule is COC(=O)c1cc(=O)c2cc(NC(=O)c3cccs3)ccc2o1. The molecule has 23 heavy (non-hydrogen) atoms. The van der Waals surface area contributed by atoms with Gasteiger partial charge in [-0.2, -0.15) is 0 Å². The predicted molar refractivity (Wildman–Crippen MR) is 86.1 cm³/mol. The van der Waals surface area contributed by atoms with E-state index < -0.39 is 5.97 Å². The lowest BCUT2D eigenvalue weighted by atomic mass is 10.2. The Morgan fingerprint density at radius 2 is 2.04 bits per heavy atom. The normalized spacial score (nSPS) is 10.5. The van der Waals surface area contributed by atoms with Crippen molar-refractivity contribution in [2.24, 2.45) is 0 Å². The molecule has 1 N–H and O–H groups in total. The van der Waals surface area contributed by atoms with Crippen LogP contribution >= 0.6 is 11.3 Å². The van der Waals surface area contributed by atoms with Gasteiger partial charge in [-0.1, -0.05) is 6.07 Å². The Balaban J connectivity index is 1.96. The number of hydrogen-bond acceptors (Lipinski definition) is 6. The van der Waals surface area contributed by atoms with Gasteiger partial charge in [0.2, 0.25) is 5.76 Å². The van der Waals surface area contributed by atoms with E-state index in [2.05, 4.69) is 10.1 Å². The number of hydrogen-bond donors (Lipinski definition) is 1. The van der Waals surface area contributed by atoms with Gasteiger partial charge in [0.25, 0.3) is 5.91 Å². The smallest absolute Gasteiger partial charge is 0.374 e. The quantitative estimate of drug-likeness (QED) is 0.747. The summed E-state index contributed by atoms with van der Waals surface area (Å²) >= 11 is 1.32. The molecule has 7 heteroatoms. The second-order valence-electron chi connectivity index (χ2n) is 4.61. The van der Waals surface area contributed by atoms with Crippen molar-refractivity contribution in [3.05, 3.63) is 62.6 Å². The second kappa shape index (κ2) is 6.05. The zero-order valence-corrected chi connectivity index (χ0v) is 12.8. The van der Waals surface area contributed by atoms with Crippen LogP contribution < -0.4 is 10.7 Å². The molecule has 2 aromatic heterocycles. The Morgan fingerprint density at radius 3 is 2.74 bits per heavy atom. The highest BCUT2D eigenvalue weighted by Crippen LogP contribution is 2.19. The van der Waals surface area contributed by atoms with Crippen LogP contribution in [0.5, 0.6) is 0 Å². The molecule has 0 saturated heterocycles. The summed E-state index contributed by atoms with van der Waals surface area (Å²) in [6.07, 6.45) is 0. The standard InChI is InChI=1S/C16H11NO5S/c1-21-16(20)13-8-11(18)10-7-9(4-5-12(10)22-13)17-15(19)14-3-2-6-23-14/h2-8H,1H3,(H,17,19). The Kier molecular flexibility index (Phi) is 3.94. The molecule has 2 heterocycles. The highest BCUT2D eigenvalue weighted by atomic mass is 32.1. The number of anilines is 1. The third-order valence-electron chi connectivity index (χ3n) is 3.12. The van der Waals surface area contributed by atoms with Crippen molar-refractivity contribution < 1.29 is 18.7 Å². The summed E-state index contributed by atoms with van der Waals surface area (Å²) in [4.78, 5) is 36.1. The monoisotopic (exact) mass is 329 g/mol. The molecule has 0 unspecified atom stereocenters. The van der Waals surface area contributed by atoms with E-state index in [1.54, 1.807) is 23.6 Å². The van der Waals surface area contributed by atoms with Crippen LogP contribution in [0.4, 0.5) is 5.69 Å². The molecule has 0 saturated carbocycles. The first-order valence-electron chi connectivity index (χ1n) is 6.59. The number of thiophene rings is 1. The maximum absolute atomic E-state index is 12.1. The van der Waals surface area contributed by atoms with E-state index in [0.29, 0.717) is 10.6 Å². The fourth-order valence-electron chi connectivity index (χ4n) is 2.04. The fourth-order valence-corrected chi connectivity index (χ4v) is 2.65. The molecule has 0 aliphatic heterocycles. The molecule has 1 amide bonds. The minimum absolute atomic E-state index is 0.166. The number of fused-ring (bicyclic) bond motifs is 1. The van der Waals surface area contributed by atoms with Gasteiger partial charge in [-0.05, 0) is 29.6 Å². The molecule has 0 atom stereocenters. The summed E-state index contributed by atoms with van der Waals surface area (Å²) in [7, 11) is 1.20. The number of nitrogens with one attached hydrogen (secondary N) is 1. The third-order valence-corrected chi connectivity index (χ3v) is 3.99. The molecule has 116 valence electrons. The van der Waals surface area contributed by atoms with E-state index in [9.17, 15) is 14.4 Å². The summed E-state index contributed by atoms with van der Waals surface area (Å²) in [6, 6.07) is 9.18. The number of amides is 1. The topological polar surface area (TPSA) is 85.6 Å². The summed E-state index contributed by atoms with van der Waals surface area (Å²) < 4.78 is 9.87. The van der Waals surface area contributed by atoms with Gasteiger partial charge in [0, 0.05) is 11.8 Å². The first kappa shape index (κ1) is 15.0. The van der Waals surface area contributed by atoms with Crippen LogP contribution in [-0.2, 0) is 4.74 Å². The minimum atomic E-state index is -0.723. The van der Waals surface area contributed by atoms with E-state index in [0.717, 1.165) is 6.07 Å². The highest BCUT2D eigenvalue weighted by molar-refractivity contribution is 7.12. The molecule has 3 rings (SSSR count). The average molecular weight is 329 g/mol. The van der Waals surface area contributed by atoms with E-state index in [1.165, 1.54) is 30.6 Å². The lowest BCUT2D eigenvalue weighted by molar-refractivity contribution is 0.0565. The van der Waals surface area contributed by atoms with Crippen LogP contribution in [0, 0.1) is 0 Å². The number of ether oxygens (including phenoxy) is 1. The van der Waals surface area contributed by atoms with Crippen LogP contribution in [0.15, 0.2) is 51.0 Å². The highest BCUT2D eigenvalue weighted by Gasteiger charge is 2.13. The van der Waals surface area contributed by atoms with Gasteiger partial charge in [0.05, 0.1) is 17.4 Å². The number of rotatable bonds is 3. The fraction of sp³-hybridized carbons (Fsp3) is 0.0625. The second-order valence-corrected chi connectivity index (χ2v) is 5.56. The van der Waals surface area contributed by atoms with E-state index >= 15 is 0 Å². The minimum Gasteiger partial charge on any atom is -0.463 e. The molecule has 0 radical (unpaired) electrons. The van der Waals surface area contributed by atoms with E-state index in [4.69, 9.17) is 4.42 Å². The Morgan fingerprint density at radius 1 is 1.22 bits per heavy atom. The van der Waals surface area contributed by atoms with Gasteiger partial charge in [0.15, 0.2) is 5.43 Å². The number of carbonyl (C=O) groups excluding carboxylic acids is 2. The molecule has 1 aromatic carbocycles. The summed E-state index contributed by atoms with van der Waals surface area (Å²) in [5, 5.41) is 4.78. The van der Waals surface area contributed by atoms with Crippen LogP contribution in [-0.4, -0.2) is 19.0 Å². The number of methoxy groups -OCH3 is 1. The third kappa shape index (κ3) is 3.00. The van der Waals surface area contributed by atoms with Crippen molar-refractivity contribution in [1.82, 2.24) is 0 Å². The van der Waals surface area contributed by atoms with Gasteiger partial charge in [-0.3, -0.25) is 9.59 Å². The van der Waals surface area contributed by atoms with Crippen LogP contribution in [0.1, 0.15) is 20.2 Å². The largest absolute Gasteiger partial charge is 0.463 e. The van der Waals surface area contributed by atoms with Gasteiger partial charge >= 0.3 is 5.97 Å². The van der Waals surface area contributed by atoms with E-state index in [-0.39, 0.29) is 28.1 Å². The summed E-state index contributed by atoms with van der Waals surface area (Å²) in [6.45, 7) is 0. The first-order chi connectivity index (χ1) is 11.1. The molecule has 0 aliphatic carbocycles. The van der Waals surface area contributed by atoms with Gasteiger partial charge in [0.1, 0.15) is 5.58 Å². The maximum Gasteiger partial charge on any atom is 0.374 e. The zero-order valence-electron chi connectivity index (χ0n) is 12.0. The van der Waals surface area contributed by atoms with Crippen molar-refractivity contribution in [2.45, 2.75) is 0 Å². The Bertz CT molecular complexity index is 943. The first-order valence-corrected chi connectivity index (χ1v) is 7.47. The van der Waals surface area contributed by atoms with Crippen molar-refractivity contribution in [2.75, 3.05) is 12.4 Å². The van der Waals surface area contributed by atoms with Crippen molar-refractivity contribution in [3.8, 4) is 0 Å². The molecule has 0 fully saturated rings. The molecule has 0 spiro atoms. The lowest BCUT2D eigenvalue weighted by Gasteiger charge is -2.05. The van der Waals surface area contributed by atoms with Crippen molar-refractivity contribution >= 4 is 39.9 Å². The van der Waals surface area contributed by atoms with Gasteiger partial charge < -0.3 is 14.5 Å². The Hall–Kier alpha value is -2.93. The molecular formula is C16H11NO5S. The van der Waals surface area contributed by atoms with Crippen molar-refractivity contribution in [3.63, 3.8) is 0 Å². The average Bonchev–Trinajstić information content (AvgIpc) is 3.09. The van der Waals surface area contributed by atoms with Gasteiger partial charge in [-0.15, -0.1) is 11.3 Å². The van der Waals surface area contributed by atoms with Crippen molar-refractivity contribution in [1.29, 1.82) is 0 Å². The van der Waals surface area contributed by atoms with E-state index in [1.807, 2.05) is 0 Å². The summed E-state index contributed by atoms with van der Waals surface area (Å²) in [5.41, 5.74) is 0.319. The molecule has 3 aromatic rings. The predicted octanol–water partition coefficient (Wildman–Crippen LogP) is 2.89. The molecule has 6 nitrogen and oxygen atoms in total.